The molecule has 0 atom stereocenters. The molecule has 0 radical (unpaired) electrons. The molecule has 0 spiro atoms. The summed E-state index contributed by atoms with van der Waals surface area (Å²) in [4.78, 5) is 0. The lowest BCUT2D eigenvalue weighted by Gasteiger charge is -2.32. The lowest BCUT2D eigenvalue weighted by atomic mass is 9.75. The van der Waals surface area contributed by atoms with E-state index in [1.807, 2.05) is 12.1 Å². The summed E-state index contributed by atoms with van der Waals surface area (Å²) in [6, 6.07) is 6.13. The van der Waals surface area contributed by atoms with Crippen LogP contribution in [0.25, 0.3) is 6.08 Å². The van der Waals surface area contributed by atoms with Gasteiger partial charge in [0.1, 0.15) is 0 Å². The highest BCUT2D eigenvalue weighted by molar-refractivity contribution is 6.62. The zero-order chi connectivity index (χ0) is 15.0. The molecule has 1 aliphatic rings. The molecular weight excluding hydrogens is 251 g/mol. The molecule has 1 aliphatic heterocycles. The third kappa shape index (κ3) is 2.63. The molecule has 0 N–H and O–H groups in total. The standard InChI is InChI=1S/C16H23BO3/c1-12-13(10-11-18-6)8-7-9-14(12)17-19-15(2,3)16(4,5)20-17/h7-11H,1-6H3/b11-10+. The maximum absolute atomic E-state index is 6.11. The number of hydrogen-bond acceptors (Lipinski definition) is 3. The average Bonchev–Trinajstić information content (AvgIpc) is 2.57. The van der Waals surface area contributed by atoms with Crippen LogP contribution in [0.2, 0.25) is 0 Å². The van der Waals surface area contributed by atoms with Crippen LogP contribution in [-0.2, 0) is 14.0 Å². The minimum absolute atomic E-state index is 0.317. The van der Waals surface area contributed by atoms with E-state index in [1.54, 1.807) is 13.4 Å². The summed E-state index contributed by atoms with van der Waals surface area (Å²) in [5.41, 5.74) is 2.70. The highest BCUT2D eigenvalue weighted by atomic mass is 16.7. The van der Waals surface area contributed by atoms with Crippen LogP contribution in [0.1, 0.15) is 38.8 Å². The highest BCUT2D eigenvalue weighted by Crippen LogP contribution is 2.36. The topological polar surface area (TPSA) is 27.7 Å². The normalized spacial score (nSPS) is 20.6. The smallest absolute Gasteiger partial charge is 0.495 e. The predicted octanol–water partition coefficient (Wildman–Crippen LogP) is 2.91. The minimum atomic E-state index is -0.323. The van der Waals surface area contributed by atoms with E-state index in [0.717, 1.165) is 16.6 Å². The Labute approximate surface area is 122 Å². The maximum atomic E-state index is 6.11. The van der Waals surface area contributed by atoms with Gasteiger partial charge in [-0.3, -0.25) is 0 Å². The van der Waals surface area contributed by atoms with Crippen LogP contribution in [0.5, 0.6) is 0 Å². The van der Waals surface area contributed by atoms with E-state index in [1.165, 1.54) is 0 Å². The first-order chi connectivity index (χ1) is 9.28. The zero-order valence-electron chi connectivity index (χ0n) is 13.2. The maximum Gasteiger partial charge on any atom is 0.495 e. The van der Waals surface area contributed by atoms with Crippen molar-refractivity contribution in [1.82, 2.24) is 0 Å². The second-order valence-corrected chi connectivity index (χ2v) is 6.19. The van der Waals surface area contributed by atoms with Crippen LogP contribution in [0.4, 0.5) is 0 Å². The Morgan fingerprint density at radius 1 is 1.10 bits per heavy atom. The molecular formula is C16H23BO3. The molecule has 4 heteroatoms. The predicted molar refractivity (Wildman–Crippen MR) is 82.9 cm³/mol. The SMILES string of the molecule is CO/C=C/c1cccc(B2OC(C)(C)C(C)(C)O2)c1C. The average molecular weight is 274 g/mol. The number of benzene rings is 1. The summed E-state index contributed by atoms with van der Waals surface area (Å²) in [5.74, 6) is 0. The van der Waals surface area contributed by atoms with E-state index in [9.17, 15) is 0 Å². The van der Waals surface area contributed by atoms with Crippen LogP contribution in [-0.4, -0.2) is 25.4 Å². The molecule has 20 heavy (non-hydrogen) atoms. The van der Waals surface area contributed by atoms with Crippen molar-refractivity contribution in [2.45, 2.75) is 45.8 Å². The van der Waals surface area contributed by atoms with Crippen molar-refractivity contribution in [3.63, 3.8) is 0 Å². The van der Waals surface area contributed by atoms with Gasteiger partial charge >= 0.3 is 7.12 Å². The quantitative estimate of drug-likeness (QED) is 0.626. The fraction of sp³-hybridized carbons (Fsp3) is 0.500. The van der Waals surface area contributed by atoms with Gasteiger partial charge in [-0.05, 0) is 57.3 Å². The summed E-state index contributed by atoms with van der Waals surface area (Å²) in [7, 11) is 1.32. The monoisotopic (exact) mass is 274 g/mol. The molecule has 1 aromatic rings. The van der Waals surface area contributed by atoms with Gasteiger partial charge in [0.2, 0.25) is 0 Å². The van der Waals surface area contributed by atoms with Crippen molar-refractivity contribution >= 4 is 18.7 Å². The molecule has 0 aliphatic carbocycles. The molecule has 0 saturated carbocycles. The summed E-state index contributed by atoms with van der Waals surface area (Å²) in [5, 5.41) is 0. The minimum Gasteiger partial charge on any atom is -0.504 e. The molecule has 2 rings (SSSR count). The van der Waals surface area contributed by atoms with Gasteiger partial charge in [-0.15, -0.1) is 0 Å². The van der Waals surface area contributed by atoms with Crippen LogP contribution in [0.3, 0.4) is 0 Å². The van der Waals surface area contributed by atoms with Crippen LogP contribution < -0.4 is 5.46 Å². The van der Waals surface area contributed by atoms with Crippen LogP contribution in [0, 0.1) is 6.92 Å². The lowest BCUT2D eigenvalue weighted by Crippen LogP contribution is -2.41. The molecule has 1 saturated heterocycles. The van der Waals surface area contributed by atoms with E-state index in [0.29, 0.717) is 0 Å². The first kappa shape index (κ1) is 15.1. The van der Waals surface area contributed by atoms with Gasteiger partial charge in [0.05, 0.1) is 24.6 Å². The van der Waals surface area contributed by atoms with Crippen molar-refractivity contribution in [3.8, 4) is 0 Å². The van der Waals surface area contributed by atoms with Gasteiger partial charge in [-0.1, -0.05) is 18.2 Å². The molecule has 0 unspecified atom stereocenters. The largest absolute Gasteiger partial charge is 0.504 e. The fourth-order valence-electron chi connectivity index (χ4n) is 2.22. The molecule has 0 aromatic heterocycles. The van der Waals surface area contributed by atoms with E-state index < -0.39 is 0 Å². The second-order valence-electron chi connectivity index (χ2n) is 6.19. The molecule has 1 aromatic carbocycles. The Bertz CT molecular complexity index is 504. The highest BCUT2D eigenvalue weighted by Gasteiger charge is 2.52. The van der Waals surface area contributed by atoms with Gasteiger partial charge in [-0.25, -0.2) is 0 Å². The molecule has 108 valence electrons. The second kappa shape index (κ2) is 5.26. The van der Waals surface area contributed by atoms with Crippen molar-refractivity contribution < 1.29 is 14.0 Å². The van der Waals surface area contributed by atoms with Gasteiger partial charge < -0.3 is 14.0 Å². The van der Waals surface area contributed by atoms with Crippen molar-refractivity contribution in [1.29, 1.82) is 0 Å². The van der Waals surface area contributed by atoms with E-state index in [2.05, 4.69) is 46.8 Å². The van der Waals surface area contributed by atoms with Gasteiger partial charge in [-0.2, -0.15) is 0 Å². The van der Waals surface area contributed by atoms with Crippen LogP contribution >= 0.6 is 0 Å². The molecule has 0 bridgehead atoms. The molecule has 3 nitrogen and oxygen atoms in total. The summed E-state index contributed by atoms with van der Waals surface area (Å²) >= 11 is 0. The number of methoxy groups -OCH3 is 1. The Morgan fingerprint density at radius 2 is 1.70 bits per heavy atom. The van der Waals surface area contributed by atoms with E-state index in [4.69, 9.17) is 14.0 Å². The Hall–Kier alpha value is -1.26. The number of rotatable bonds is 3. The van der Waals surface area contributed by atoms with Gasteiger partial charge in [0, 0.05) is 0 Å². The fourth-order valence-corrected chi connectivity index (χ4v) is 2.22. The summed E-state index contributed by atoms with van der Waals surface area (Å²) in [6.07, 6.45) is 3.63. The Kier molecular flexibility index (Phi) is 3.98. The lowest BCUT2D eigenvalue weighted by molar-refractivity contribution is 0.00578. The molecule has 1 heterocycles. The van der Waals surface area contributed by atoms with Crippen LogP contribution in [0.15, 0.2) is 24.5 Å². The van der Waals surface area contributed by atoms with Gasteiger partial charge in [0.15, 0.2) is 0 Å². The number of hydrogen-bond donors (Lipinski definition) is 0. The van der Waals surface area contributed by atoms with Crippen molar-refractivity contribution in [3.05, 3.63) is 35.6 Å². The van der Waals surface area contributed by atoms with E-state index in [-0.39, 0.29) is 18.3 Å². The Balaban J connectivity index is 2.34. The third-order valence-corrected chi connectivity index (χ3v) is 4.31. The first-order valence-electron chi connectivity index (χ1n) is 6.93. The van der Waals surface area contributed by atoms with Gasteiger partial charge in [0.25, 0.3) is 0 Å². The van der Waals surface area contributed by atoms with Crippen molar-refractivity contribution in [2.24, 2.45) is 0 Å². The zero-order valence-corrected chi connectivity index (χ0v) is 13.2. The van der Waals surface area contributed by atoms with Crippen molar-refractivity contribution in [2.75, 3.05) is 7.11 Å². The third-order valence-electron chi connectivity index (χ3n) is 4.31. The summed E-state index contributed by atoms with van der Waals surface area (Å²) < 4.78 is 17.2. The summed E-state index contributed by atoms with van der Waals surface area (Å²) in [6.45, 7) is 10.3. The molecule has 1 fully saturated rings. The number of ether oxygens (including phenoxy) is 1. The Morgan fingerprint density at radius 3 is 2.25 bits per heavy atom. The van der Waals surface area contributed by atoms with E-state index >= 15 is 0 Å². The first-order valence-corrected chi connectivity index (χ1v) is 6.93. The molecule has 0 amide bonds.